The van der Waals surface area contributed by atoms with E-state index in [0.29, 0.717) is 25.3 Å². The molecule has 2 fully saturated rings. The van der Waals surface area contributed by atoms with E-state index in [-0.39, 0.29) is 29.8 Å². The Hall–Kier alpha value is -1.94. The second kappa shape index (κ2) is 8.90. The van der Waals surface area contributed by atoms with Crippen molar-refractivity contribution in [2.24, 2.45) is 5.92 Å². The molecule has 0 unspecified atom stereocenters. The molecule has 0 saturated carbocycles. The van der Waals surface area contributed by atoms with Crippen LogP contribution in [0.15, 0.2) is 59.5 Å². The number of benzene rings is 2. The van der Waals surface area contributed by atoms with Crippen LogP contribution in [0, 0.1) is 5.92 Å². The first-order valence-electron chi connectivity index (χ1n) is 10.3. The zero-order chi connectivity index (χ0) is 22.1. The number of rotatable bonds is 5. The van der Waals surface area contributed by atoms with Gasteiger partial charge in [-0.2, -0.15) is 17.5 Å². The molecule has 5 nitrogen and oxygen atoms in total. The van der Waals surface area contributed by atoms with E-state index in [1.807, 2.05) is 0 Å². The topological polar surface area (TPSA) is 49.9 Å². The van der Waals surface area contributed by atoms with E-state index in [2.05, 4.69) is 4.90 Å². The number of hydrogen-bond acceptors (Lipinski definition) is 4. The smallest absolute Gasteiger partial charge is 0.379 e. The van der Waals surface area contributed by atoms with E-state index in [1.54, 1.807) is 36.4 Å². The van der Waals surface area contributed by atoms with Crippen LogP contribution in [0.3, 0.4) is 0 Å². The van der Waals surface area contributed by atoms with Crippen molar-refractivity contribution in [2.75, 3.05) is 45.9 Å². The summed E-state index contributed by atoms with van der Waals surface area (Å²) < 4.78 is 73.0. The van der Waals surface area contributed by atoms with Gasteiger partial charge in [-0.05, 0) is 29.7 Å². The van der Waals surface area contributed by atoms with Gasteiger partial charge in [-0.3, -0.25) is 4.90 Å². The summed E-state index contributed by atoms with van der Waals surface area (Å²) in [7, 11) is -3.72. The van der Waals surface area contributed by atoms with Crippen molar-refractivity contribution in [3.05, 3.63) is 65.7 Å². The summed E-state index contributed by atoms with van der Waals surface area (Å²) in [5.74, 6) is -0.427. The highest BCUT2D eigenvalue weighted by Gasteiger charge is 2.41. The summed E-state index contributed by atoms with van der Waals surface area (Å²) in [6.07, 6.45) is -4.44. The normalized spacial score (nSPS) is 23.8. The fourth-order valence-electron chi connectivity index (χ4n) is 4.39. The summed E-state index contributed by atoms with van der Waals surface area (Å²) in [4.78, 5) is 2.40. The molecule has 0 bridgehead atoms. The summed E-state index contributed by atoms with van der Waals surface area (Å²) in [5.41, 5.74) is -0.182. The summed E-state index contributed by atoms with van der Waals surface area (Å²) in [6, 6.07) is 13.5. The molecule has 0 radical (unpaired) electrons. The first-order chi connectivity index (χ1) is 14.7. The predicted molar refractivity (Wildman–Crippen MR) is 110 cm³/mol. The molecule has 2 aliphatic heterocycles. The number of halogens is 3. The fourth-order valence-corrected chi connectivity index (χ4v) is 5.94. The lowest BCUT2D eigenvalue weighted by Gasteiger charge is -2.31. The van der Waals surface area contributed by atoms with Crippen molar-refractivity contribution in [3.8, 4) is 0 Å². The summed E-state index contributed by atoms with van der Waals surface area (Å²) in [5, 5.41) is 0. The van der Waals surface area contributed by atoms with Gasteiger partial charge in [-0.25, -0.2) is 8.42 Å². The zero-order valence-electron chi connectivity index (χ0n) is 17.0. The highest BCUT2D eigenvalue weighted by molar-refractivity contribution is 7.89. The molecule has 2 aromatic rings. The van der Waals surface area contributed by atoms with Gasteiger partial charge in [0.15, 0.2) is 0 Å². The van der Waals surface area contributed by atoms with Crippen LogP contribution in [0.2, 0.25) is 0 Å². The van der Waals surface area contributed by atoms with Gasteiger partial charge < -0.3 is 4.74 Å². The molecule has 31 heavy (non-hydrogen) atoms. The first-order valence-corrected chi connectivity index (χ1v) is 11.7. The highest BCUT2D eigenvalue weighted by Crippen LogP contribution is 2.38. The molecule has 0 spiro atoms. The molecule has 2 saturated heterocycles. The molecule has 2 aliphatic rings. The molecule has 0 amide bonds. The lowest BCUT2D eigenvalue weighted by atomic mass is 9.87. The number of alkyl halides is 3. The minimum Gasteiger partial charge on any atom is -0.379 e. The van der Waals surface area contributed by atoms with Crippen LogP contribution in [0.25, 0.3) is 0 Å². The first kappa shape index (κ1) is 22.3. The van der Waals surface area contributed by atoms with Gasteiger partial charge in [0.25, 0.3) is 0 Å². The molecule has 168 valence electrons. The number of nitrogens with zero attached hydrogens (tertiary/aromatic N) is 2. The quantitative estimate of drug-likeness (QED) is 0.695. The number of morpholine rings is 1. The van der Waals surface area contributed by atoms with Crippen LogP contribution in [0.5, 0.6) is 0 Å². The third-order valence-corrected chi connectivity index (χ3v) is 7.87. The maximum atomic E-state index is 13.3. The molecule has 9 heteroatoms. The number of ether oxygens (including phenoxy) is 1. The SMILES string of the molecule is O=S(=O)(c1ccccc1)N1C[C@H](CN2CCOCC2)[C@H](c2cccc(C(F)(F)F)c2)C1. The third-order valence-electron chi connectivity index (χ3n) is 6.03. The monoisotopic (exact) mass is 454 g/mol. The zero-order valence-corrected chi connectivity index (χ0v) is 17.8. The largest absolute Gasteiger partial charge is 0.416 e. The Kier molecular flexibility index (Phi) is 6.39. The Morgan fingerprint density at radius 3 is 2.35 bits per heavy atom. The van der Waals surface area contributed by atoms with Gasteiger partial charge in [0.1, 0.15) is 0 Å². The molecular weight excluding hydrogens is 429 g/mol. The number of hydrogen-bond donors (Lipinski definition) is 0. The van der Waals surface area contributed by atoms with Gasteiger partial charge in [-0.1, -0.05) is 36.4 Å². The molecule has 2 atom stereocenters. The Bertz CT molecular complexity index is 993. The summed E-state index contributed by atoms with van der Waals surface area (Å²) in [6.45, 7) is 3.72. The van der Waals surface area contributed by atoms with Crippen molar-refractivity contribution < 1.29 is 26.3 Å². The summed E-state index contributed by atoms with van der Waals surface area (Å²) >= 11 is 0. The standard InChI is InChI=1S/C22H25F3N2O3S/c23-22(24,25)19-6-4-5-17(13-19)21-16-27(31(28,29)20-7-2-1-3-8-20)15-18(21)14-26-9-11-30-12-10-26/h1-8,13,18,21H,9-12,14-16H2/t18-,21-/m0/s1. The average Bonchev–Trinajstić information content (AvgIpc) is 3.19. The van der Waals surface area contributed by atoms with E-state index in [9.17, 15) is 21.6 Å². The van der Waals surface area contributed by atoms with Crippen LogP contribution >= 0.6 is 0 Å². The molecule has 0 aliphatic carbocycles. The van der Waals surface area contributed by atoms with Gasteiger partial charge >= 0.3 is 6.18 Å². The molecule has 2 aromatic carbocycles. The molecule has 4 rings (SSSR count). The van der Waals surface area contributed by atoms with Crippen LogP contribution in [0.4, 0.5) is 13.2 Å². The predicted octanol–water partition coefficient (Wildman–Crippen LogP) is 3.44. The van der Waals surface area contributed by atoms with Gasteiger partial charge in [-0.15, -0.1) is 0 Å². The van der Waals surface area contributed by atoms with Crippen molar-refractivity contribution in [1.82, 2.24) is 9.21 Å². The minimum atomic E-state index is -4.44. The van der Waals surface area contributed by atoms with Crippen LogP contribution in [0.1, 0.15) is 17.0 Å². The molecular formula is C22H25F3N2O3S. The maximum Gasteiger partial charge on any atom is 0.416 e. The van der Waals surface area contributed by atoms with E-state index < -0.39 is 21.8 Å². The van der Waals surface area contributed by atoms with Crippen molar-refractivity contribution >= 4 is 10.0 Å². The third kappa shape index (κ3) is 4.95. The highest BCUT2D eigenvalue weighted by atomic mass is 32.2. The Morgan fingerprint density at radius 2 is 1.68 bits per heavy atom. The lowest BCUT2D eigenvalue weighted by Crippen LogP contribution is -2.41. The maximum absolute atomic E-state index is 13.3. The Labute approximate surface area is 180 Å². The lowest BCUT2D eigenvalue weighted by molar-refractivity contribution is -0.137. The Balaban J connectivity index is 1.64. The minimum absolute atomic E-state index is 0.111. The number of sulfonamides is 1. The van der Waals surface area contributed by atoms with Gasteiger partial charge in [0.2, 0.25) is 10.0 Å². The van der Waals surface area contributed by atoms with E-state index in [1.165, 1.54) is 10.4 Å². The molecule has 0 aromatic heterocycles. The van der Waals surface area contributed by atoms with E-state index >= 15 is 0 Å². The molecule has 0 N–H and O–H groups in total. The van der Waals surface area contributed by atoms with E-state index in [0.717, 1.165) is 25.2 Å². The fraction of sp³-hybridized carbons (Fsp3) is 0.455. The van der Waals surface area contributed by atoms with Gasteiger partial charge in [0.05, 0.1) is 23.7 Å². The van der Waals surface area contributed by atoms with Crippen LogP contribution in [-0.2, 0) is 20.9 Å². The van der Waals surface area contributed by atoms with Crippen LogP contribution in [-0.4, -0.2) is 63.6 Å². The average molecular weight is 455 g/mol. The second-order valence-electron chi connectivity index (χ2n) is 8.04. The van der Waals surface area contributed by atoms with Crippen molar-refractivity contribution in [3.63, 3.8) is 0 Å². The van der Waals surface area contributed by atoms with Gasteiger partial charge in [0, 0.05) is 38.6 Å². The second-order valence-corrected chi connectivity index (χ2v) is 9.98. The molecule has 2 heterocycles. The Morgan fingerprint density at radius 1 is 0.968 bits per heavy atom. The van der Waals surface area contributed by atoms with E-state index in [4.69, 9.17) is 4.74 Å². The van der Waals surface area contributed by atoms with Crippen molar-refractivity contribution in [2.45, 2.75) is 17.0 Å². The van der Waals surface area contributed by atoms with Crippen molar-refractivity contribution in [1.29, 1.82) is 0 Å². The van der Waals surface area contributed by atoms with Crippen LogP contribution < -0.4 is 0 Å².